The van der Waals surface area contributed by atoms with Gasteiger partial charge in [-0.25, -0.2) is 4.39 Å². The van der Waals surface area contributed by atoms with Gasteiger partial charge in [-0.3, -0.25) is 10.3 Å². The van der Waals surface area contributed by atoms with Gasteiger partial charge in [-0.2, -0.15) is 0 Å². The number of nitrogens with zero attached hydrogens (tertiary/aromatic N) is 1. The molecule has 0 fully saturated rings. The molecule has 0 aromatic heterocycles. The summed E-state index contributed by atoms with van der Waals surface area (Å²) >= 11 is 0. The lowest BCUT2D eigenvalue weighted by atomic mass is 10.1. The summed E-state index contributed by atoms with van der Waals surface area (Å²) < 4.78 is 13.3. The first kappa shape index (κ1) is 15.2. The number of hydrogen-bond donors (Lipinski definition) is 2. The molecule has 2 aromatic rings. The van der Waals surface area contributed by atoms with E-state index >= 15 is 0 Å². The molecule has 0 heterocycles. The molecule has 0 aliphatic heterocycles. The molecular weight excluding hydrogens is 265 g/mol. The van der Waals surface area contributed by atoms with E-state index in [9.17, 15) is 4.39 Å². The second-order valence-electron chi connectivity index (χ2n) is 5.38. The van der Waals surface area contributed by atoms with E-state index in [2.05, 4.69) is 30.0 Å². The smallest absolute Gasteiger partial charge is 0.123 e. The van der Waals surface area contributed by atoms with Crippen molar-refractivity contribution in [2.24, 2.45) is 5.73 Å². The summed E-state index contributed by atoms with van der Waals surface area (Å²) in [6.07, 6.45) is 0. The van der Waals surface area contributed by atoms with Crippen LogP contribution in [-0.4, -0.2) is 17.8 Å². The van der Waals surface area contributed by atoms with Gasteiger partial charge in [0.2, 0.25) is 0 Å². The molecule has 0 atom stereocenters. The van der Waals surface area contributed by atoms with Gasteiger partial charge in [0.15, 0.2) is 0 Å². The van der Waals surface area contributed by atoms with Gasteiger partial charge in [-0.1, -0.05) is 35.9 Å². The second kappa shape index (κ2) is 6.50. The molecule has 0 aliphatic rings. The minimum atomic E-state index is -0.370. The lowest BCUT2D eigenvalue weighted by Crippen LogP contribution is -2.21. The van der Waals surface area contributed by atoms with Crippen LogP contribution in [0.3, 0.4) is 0 Å². The van der Waals surface area contributed by atoms with Crippen molar-refractivity contribution in [3.63, 3.8) is 0 Å². The number of hydrogen-bond acceptors (Lipinski definition) is 2. The van der Waals surface area contributed by atoms with Crippen molar-refractivity contribution in [3.05, 3.63) is 70.5 Å². The Balaban J connectivity index is 2.12. The number of nitrogens with two attached hydrogens (primary N) is 1. The standard InChI is InChI=1S/C17H20FN3/c1-12-4-3-5-13(8-12)10-21(2)11-14-6-7-15(18)9-16(14)17(19)20/h3-9H,10-11H2,1-2H3,(H3,19,20). The highest BCUT2D eigenvalue weighted by Crippen LogP contribution is 2.15. The number of nitrogens with one attached hydrogen (secondary N) is 1. The minimum Gasteiger partial charge on any atom is -0.384 e. The fourth-order valence-corrected chi connectivity index (χ4v) is 2.41. The van der Waals surface area contributed by atoms with Crippen LogP contribution < -0.4 is 5.73 Å². The Bertz CT molecular complexity index is 652. The summed E-state index contributed by atoms with van der Waals surface area (Å²) in [6.45, 7) is 3.47. The molecule has 2 rings (SSSR count). The lowest BCUT2D eigenvalue weighted by Gasteiger charge is -2.19. The van der Waals surface area contributed by atoms with Crippen molar-refractivity contribution in [2.45, 2.75) is 20.0 Å². The molecule has 0 radical (unpaired) electrons. The third-order valence-electron chi connectivity index (χ3n) is 3.34. The molecule has 0 amide bonds. The Morgan fingerprint density at radius 2 is 1.95 bits per heavy atom. The molecule has 21 heavy (non-hydrogen) atoms. The fourth-order valence-electron chi connectivity index (χ4n) is 2.41. The first-order valence-corrected chi connectivity index (χ1v) is 6.82. The van der Waals surface area contributed by atoms with Crippen LogP contribution in [0.5, 0.6) is 0 Å². The molecule has 0 aliphatic carbocycles. The van der Waals surface area contributed by atoms with E-state index in [1.165, 1.54) is 23.3 Å². The molecule has 3 nitrogen and oxygen atoms in total. The van der Waals surface area contributed by atoms with Gasteiger partial charge in [0.05, 0.1) is 0 Å². The van der Waals surface area contributed by atoms with Gasteiger partial charge in [0.25, 0.3) is 0 Å². The maximum Gasteiger partial charge on any atom is 0.123 e. The fraction of sp³-hybridized carbons (Fsp3) is 0.235. The van der Waals surface area contributed by atoms with Gasteiger partial charge in [-0.05, 0) is 37.2 Å². The number of aryl methyl sites for hydroxylation is 1. The van der Waals surface area contributed by atoms with E-state index in [-0.39, 0.29) is 11.7 Å². The Morgan fingerprint density at radius 3 is 2.62 bits per heavy atom. The minimum absolute atomic E-state index is 0.103. The van der Waals surface area contributed by atoms with Crippen LogP contribution in [0.25, 0.3) is 0 Å². The van der Waals surface area contributed by atoms with Crippen LogP contribution in [0, 0.1) is 18.2 Å². The summed E-state index contributed by atoms with van der Waals surface area (Å²) in [4.78, 5) is 2.12. The average Bonchev–Trinajstić information content (AvgIpc) is 2.40. The van der Waals surface area contributed by atoms with Gasteiger partial charge in [0, 0.05) is 18.7 Å². The summed E-state index contributed by atoms with van der Waals surface area (Å²) in [6, 6.07) is 12.8. The number of rotatable bonds is 5. The Morgan fingerprint density at radius 1 is 1.19 bits per heavy atom. The molecule has 0 spiro atoms. The molecule has 0 saturated heterocycles. The zero-order chi connectivity index (χ0) is 15.4. The van der Waals surface area contributed by atoms with Crippen molar-refractivity contribution in [1.29, 1.82) is 5.41 Å². The third kappa shape index (κ3) is 4.13. The zero-order valence-electron chi connectivity index (χ0n) is 12.4. The van der Waals surface area contributed by atoms with Crippen molar-refractivity contribution < 1.29 is 4.39 Å². The molecule has 4 heteroatoms. The van der Waals surface area contributed by atoms with Gasteiger partial charge in [-0.15, -0.1) is 0 Å². The summed E-state index contributed by atoms with van der Waals surface area (Å²) in [5.41, 5.74) is 9.31. The molecule has 110 valence electrons. The summed E-state index contributed by atoms with van der Waals surface area (Å²) in [7, 11) is 2.00. The molecule has 0 saturated carbocycles. The lowest BCUT2D eigenvalue weighted by molar-refractivity contribution is 0.318. The van der Waals surface area contributed by atoms with Crippen LogP contribution in [-0.2, 0) is 13.1 Å². The Hall–Kier alpha value is -2.20. The molecular formula is C17H20FN3. The van der Waals surface area contributed by atoms with E-state index in [4.69, 9.17) is 11.1 Å². The van der Waals surface area contributed by atoms with Crippen molar-refractivity contribution >= 4 is 5.84 Å². The van der Waals surface area contributed by atoms with Crippen LogP contribution in [0.4, 0.5) is 4.39 Å². The normalized spacial score (nSPS) is 10.9. The third-order valence-corrected chi connectivity index (χ3v) is 3.34. The first-order chi connectivity index (χ1) is 9.95. The van der Waals surface area contributed by atoms with E-state index in [1.54, 1.807) is 6.07 Å². The predicted molar refractivity (Wildman–Crippen MR) is 83.8 cm³/mol. The van der Waals surface area contributed by atoms with Gasteiger partial charge in [0.1, 0.15) is 11.7 Å². The van der Waals surface area contributed by atoms with E-state index < -0.39 is 0 Å². The maximum atomic E-state index is 13.3. The van der Waals surface area contributed by atoms with Gasteiger partial charge < -0.3 is 5.73 Å². The van der Waals surface area contributed by atoms with Gasteiger partial charge >= 0.3 is 0 Å². The summed E-state index contributed by atoms with van der Waals surface area (Å²) in [5, 5.41) is 7.56. The second-order valence-corrected chi connectivity index (χ2v) is 5.38. The molecule has 2 aromatic carbocycles. The number of amidine groups is 1. The summed E-state index contributed by atoms with van der Waals surface area (Å²) in [5.74, 6) is -0.473. The van der Waals surface area contributed by atoms with Crippen LogP contribution in [0.1, 0.15) is 22.3 Å². The Kier molecular flexibility index (Phi) is 4.70. The zero-order valence-corrected chi connectivity index (χ0v) is 12.4. The number of halogens is 1. The number of benzene rings is 2. The van der Waals surface area contributed by atoms with Crippen molar-refractivity contribution in [1.82, 2.24) is 4.90 Å². The highest BCUT2D eigenvalue weighted by Gasteiger charge is 2.10. The largest absolute Gasteiger partial charge is 0.384 e. The molecule has 0 bridgehead atoms. The highest BCUT2D eigenvalue weighted by molar-refractivity contribution is 5.96. The maximum absolute atomic E-state index is 13.3. The average molecular weight is 285 g/mol. The number of nitrogen functional groups attached to an aromatic ring is 1. The monoisotopic (exact) mass is 285 g/mol. The Labute approximate surface area is 124 Å². The molecule has 0 unspecified atom stereocenters. The topological polar surface area (TPSA) is 53.1 Å². The predicted octanol–water partition coefficient (Wildman–Crippen LogP) is 3.05. The highest BCUT2D eigenvalue weighted by atomic mass is 19.1. The van der Waals surface area contributed by atoms with E-state index in [1.807, 2.05) is 13.1 Å². The van der Waals surface area contributed by atoms with Crippen LogP contribution in [0.15, 0.2) is 42.5 Å². The van der Waals surface area contributed by atoms with E-state index in [0.29, 0.717) is 12.1 Å². The first-order valence-electron chi connectivity index (χ1n) is 6.82. The molecule has 3 N–H and O–H groups in total. The van der Waals surface area contributed by atoms with Crippen molar-refractivity contribution in [3.8, 4) is 0 Å². The van der Waals surface area contributed by atoms with Crippen LogP contribution >= 0.6 is 0 Å². The van der Waals surface area contributed by atoms with Crippen LogP contribution in [0.2, 0.25) is 0 Å². The van der Waals surface area contributed by atoms with E-state index in [0.717, 1.165) is 12.1 Å². The SMILES string of the molecule is Cc1cccc(CN(C)Cc2ccc(F)cc2C(=N)N)c1. The quantitative estimate of drug-likeness (QED) is 0.655. The van der Waals surface area contributed by atoms with Crippen molar-refractivity contribution in [2.75, 3.05) is 7.05 Å².